The van der Waals surface area contributed by atoms with Crippen LogP contribution >= 0.6 is 0 Å². The topological polar surface area (TPSA) is 37.3 Å². The van der Waals surface area contributed by atoms with Crippen molar-refractivity contribution < 1.29 is 9.90 Å². The summed E-state index contributed by atoms with van der Waals surface area (Å²) < 4.78 is 0. The molecule has 4 fully saturated rings. The van der Waals surface area contributed by atoms with Crippen molar-refractivity contribution in [3.8, 4) is 0 Å². The first-order valence-electron chi connectivity index (χ1n) is 13.6. The molecule has 0 spiro atoms. The highest BCUT2D eigenvalue weighted by Crippen LogP contribution is 2.76. The number of hydrogen-bond donors (Lipinski definition) is 1. The molecule has 2 heteroatoms. The first-order valence-corrected chi connectivity index (χ1v) is 13.6. The molecule has 5 aliphatic rings. The van der Waals surface area contributed by atoms with Gasteiger partial charge in [-0.05, 0) is 90.8 Å². The second-order valence-electron chi connectivity index (χ2n) is 15.0. The van der Waals surface area contributed by atoms with Crippen LogP contribution in [0, 0.1) is 50.2 Å². The Labute approximate surface area is 197 Å². The van der Waals surface area contributed by atoms with Gasteiger partial charge < -0.3 is 5.11 Å². The second-order valence-corrected chi connectivity index (χ2v) is 15.0. The largest absolute Gasteiger partial charge is 0.392 e. The number of allylic oxidation sites excluding steroid dienone is 1. The molecular formula is C30H48O2. The van der Waals surface area contributed by atoms with Crippen molar-refractivity contribution in [2.24, 2.45) is 50.2 Å². The zero-order valence-corrected chi connectivity index (χ0v) is 22.1. The van der Waals surface area contributed by atoms with Crippen LogP contribution in [0.15, 0.2) is 11.6 Å². The average molecular weight is 441 g/mol. The molecule has 2 nitrogen and oxygen atoms in total. The molecule has 0 aromatic rings. The van der Waals surface area contributed by atoms with Crippen LogP contribution in [0.5, 0.6) is 0 Å². The van der Waals surface area contributed by atoms with E-state index in [0.717, 1.165) is 25.2 Å². The quantitative estimate of drug-likeness (QED) is 0.400. The lowest BCUT2D eigenvalue weighted by atomic mass is 9.32. The standard InChI is InChI=1S/C30H48O2/c1-25(2)17-20-19-9-10-22-28(6)13-12-23(31)26(3,4)21(28)11-14-30(22,8)29(19,7)16-15-27(20,5)18-24(25)32/h17,19,21-22,24,32H,9-16,18H2,1-8H3. The molecule has 32 heavy (non-hydrogen) atoms. The molecule has 8 unspecified atom stereocenters. The van der Waals surface area contributed by atoms with Crippen molar-refractivity contribution in [3.63, 3.8) is 0 Å². The lowest BCUT2D eigenvalue weighted by Gasteiger charge is -2.72. The summed E-state index contributed by atoms with van der Waals surface area (Å²) in [6.07, 6.45) is 12.7. The highest BCUT2D eigenvalue weighted by Gasteiger charge is 2.68. The zero-order valence-electron chi connectivity index (χ0n) is 22.1. The maximum Gasteiger partial charge on any atom is 0.138 e. The normalized spacial score (nSPS) is 53.9. The molecule has 4 saturated carbocycles. The molecule has 5 rings (SSSR count). The number of aliphatic hydroxyl groups excluding tert-OH is 1. The number of aliphatic hydroxyl groups is 1. The monoisotopic (exact) mass is 440 g/mol. The van der Waals surface area contributed by atoms with E-state index in [9.17, 15) is 9.90 Å². The third-order valence-electron chi connectivity index (χ3n) is 12.9. The second kappa shape index (κ2) is 6.52. The first-order chi connectivity index (χ1) is 14.6. The summed E-state index contributed by atoms with van der Waals surface area (Å²) in [5.74, 6) is 2.40. The van der Waals surface area contributed by atoms with Gasteiger partial charge in [-0.25, -0.2) is 0 Å². The van der Waals surface area contributed by atoms with Crippen molar-refractivity contribution in [3.05, 3.63) is 11.6 Å². The van der Waals surface area contributed by atoms with Gasteiger partial charge >= 0.3 is 0 Å². The number of fused-ring (bicyclic) bond motifs is 7. The lowest BCUT2D eigenvalue weighted by Crippen LogP contribution is -2.65. The number of carbonyl (C=O) groups is 1. The van der Waals surface area contributed by atoms with Gasteiger partial charge in [0.05, 0.1) is 6.10 Å². The average Bonchev–Trinajstić information content (AvgIpc) is 2.68. The molecule has 8 atom stereocenters. The van der Waals surface area contributed by atoms with E-state index in [0.29, 0.717) is 28.4 Å². The summed E-state index contributed by atoms with van der Waals surface area (Å²) >= 11 is 0. The first kappa shape index (κ1) is 23.1. The number of Topliss-reactive ketones (excluding diaryl/α,β-unsaturated/α-hetero) is 1. The van der Waals surface area contributed by atoms with Gasteiger partial charge in [-0.3, -0.25) is 4.79 Å². The molecule has 0 heterocycles. The van der Waals surface area contributed by atoms with Gasteiger partial charge in [0.15, 0.2) is 0 Å². The van der Waals surface area contributed by atoms with Crippen LogP contribution in [0.1, 0.15) is 113 Å². The van der Waals surface area contributed by atoms with Gasteiger partial charge in [0.25, 0.3) is 0 Å². The maximum absolute atomic E-state index is 12.9. The Morgan fingerprint density at radius 2 is 1.50 bits per heavy atom. The lowest BCUT2D eigenvalue weighted by molar-refractivity contribution is -0.212. The number of ketones is 1. The molecular weight excluding hydrogens is 392 g/mol. The van der Waals surface area contributed by atoms with E-state index in [4.69, 9.17) is 0 Å². The molecule has 0 bridgehead atoms. The van der Waals surface area contributed by atoms with Crippen LogP contribution in [0.25, 0.3) is 0 Å². The SMILES string of the molecule is CC12CCC3(C)C(CCC4C5(C)CCC(=O)C(C)(C)C5CCC43C)C1=CC(C)(C)C(O)C2. The van der Waals surface area contributed by atoms with E-state index in [1.54, 1.807) is 5.57 Å². The Hall–Kier alpha value is -0.630. The molecule has 1 N–H and O–H groups in total. The van der Waals surface area contributed by atoms with Crippen molar-refractivity contribution in [1.29, 1.82) is 0 Å². The molecule has 0 aliphatic heterocycles. The van der Waals surface area contributed by atoms with Gasteiger partial charge in [-0.15, -0.1) is 0 Å². The molecule has 0 saturated heterocycles. The van der Waals surface area contributed by atoms with Gasteiger partial charge in [0.1, 0.15) is 5.78 Å². The Morgan fingerprint density at radius 3 is 2.19 bits per heavy atom. The van der Waals surface area contributed by atoms with Crippen molar-refractivity contribution in [2.75, 3.05) is 0 Å². The minimum absolute atomic E-state index is 0.123. The molecule has 180 valence electrons. The predicted octanol–water partition coefficient (Wildman–Crippen LogP) is 7.35. The van der Waals surface area contributed by atoms with Crippen LogP contribution in [0.2, 0.25) is 0 Å². The molecule has 0 radical (unpaired) electrons. The minimum atomic E-state index is -0.233. The van der Waals surface area contributed by atoms with E-state index in [1.807, 2.05) is 0 Å². The fourth-order valence-electron chi connectivity index (χ4n) is 10.5. The zero-order chi connectivity index (χ0) is 23.5. The van der Waals surface area contributed by atoms with E-state index >= 15 is 0 Å². The molecule has 0 aromatic heterocycles. The summed E-state index contributed by atoms with van der Waals surface area (Å²) in [6.45, 7) is 19.3. The predicted molar refractivity (Wildman–Crippen MR) is 131 cm³/mol. The summed E-state index contributed by atoms with van der Waals surface area (Å²) in [7, 11) is 0. The third kappa shape index (κ3) is 2.65. The van der Waals surface area contributed by atoms with Crippen LogP contribution in [-0.4, -0.2) is 17.0 Å². The van der Waals surface area contributed by atoms with E-state index < -0.39 is 0 Å². The number of rotatable bonds is 0. The van der Waals surface area contributed by atoms with Crippen molar-refractivity contribution in [1.82, 2.24) is 0 Å². The fraction of sp³-hybridized carbons (Fsp3) is 0.900. The third-order valence-corrected chi connectivity index (χ3v) is 12.9. The van der Waals surface area contributed by atoms with Gasteiger partial charge in [0.2, 0.25) is 0 Å². The molecule has 0 amide bonds. The van der Waals surface area contributed by atoms with Crippen molar-refractivity contribution >= 4 is 5.78 Å². The van der Waals surface area contributed by atoms with Crippen LogP contribution in [-0.2, 0) is 4.79 Å². The Balaban J connectivity index is 1.57. The molecule has 5 aliphatic carbocycles. The van der Waals surface area contributed by atoms with E-state index in [1.165, 1.54) is 38.5 Å². The summed E-state index contributed by atoms with van der Waals surface area (Å²) in [4.78, 5) is 12.9. The molecule has 0 aromatic carbocycles. The Morgan fingerprint density at radius 1 is 0.812 bits per heavy atom. The highest BCUT2D eigenvalue weighted by molar-refractivity contribution is 5.85. The van der Waals surface area contributed by atoms with Crippen LogP contribution < -0.4 is 0 Å². The van der Waals surface area contributed by atoms with Gasteiger partial charge in [-0.1, -0.05) is 67.0 Å². The Bertz CT molecular complexity index is 866. The highest BCUT2D eigenvalue weighted by atomic mass is 16.3. The fourth-order valence-corrected chi connectivity index (χ4v) is 10.5. The van der Waals surface area contributed by atoms with Gasteiger partial charge in [0, 0.05) is 17.3 Å². The van der Waals surface area contributed by atoms with Crippen molar-refractivity contribution in [2.45, 2.75) is 119 Å². The van der Waals surface area contributed by atoms with E-state index in [2.05, 4.69) is 61.5 Å². The summed E-state index contributed by atoms with van der Waals surface area (Å²) in [6, 6.07) is 0. The number of hydrogen-bond acceptors (Lipinski definition) is 2. The smallest absolute Gasteiger partial charge is 0.138 e. The van der Waals surface area contributed by atoms with Gasteiger partial charge in [-0.2, -0.15) is 0 Å². The van der Waals surface area contributed by atoms with Crippen LogP contribution in [0.4, 0.5) is 0 Å². The number of carbonyl (C=O) groups excluding carboxylic acids is 1. The summed E-state index contributed by atoms with van der Waals surface area (Å²) in [5, 5.41) is 10.9. The Kier molecular flexibility index (Phi) is 4.71. The minimum Gasteiger partial charge on any atom is -0.392 e. The van der Waals surface area contributed by atoms with E-state index in [-0.39, 0.29) is 27.8 Å². The maximum atomic E-state index is 12.9. The van der Waals surface area contributed by atoms with Crippen LogP contribution in [0.3, 0.4) is 0 Å². The summed E-state index contributed by atoms with van der Waals surface area (Å²) in [5.41, 5.74) is 2.51.